The average Bonchev–Trinajstić information content (AvgIpc) is 3.48. The summed E-state index contributed by atoms with van der Waals surface area (Å²) in [5, 5.41) is 12.4. The van der Waals surface area contributed by atoms with E-state index in [1.54, 1.807) is 11.2 Å². The molecule has 0 spiro atoms. The Labute approximate surface area is 199 Å². The van der Waals surface area contributed by atoms with Gasteiger partial charge in [0.05, 0.1) is 29.8 Å². The van der Waals surface area contributed by atoms with Gasteiger partial charge in [0, 0.05) is 25.2 Å². The molecule has 0 bridgehead atoms. The van der Waals surface area contributed by atoms with Gasteiger partial charge in [-0.15, -0.1) is 0 Å². The summed E-state index contributed by atoms with van der Waals surface area (Å²) in [7, 11) is 0. The number of hydrogen-bond donors (Lipinski definition) is 1. The number of nitrogens with zero attached hydrogens (tertiary/aromatic N) is 7. The number of likely N-dealkylation sites (tertiary alicyclic amines) is 1. The molecule has 10 heteroatoms. The van der Waals surface area contributed by atoms with E-state index in [2.05, 4.69) is 20.5 Å². The van der Waals surface area contributed by atoms with Crippen LogP contribution >= 0.6 is 0 Å². The molecule has 1 aliphatic carbocycles. The Morgan fingerprint density at radius 2 is 1.82 bits per heavy atom. The van der Waals surface area contributed by atoms with Gasteiger partial charge in [-0.25, -0.2) is 19.3 Å². The third-order valence-electron chi connectivity index (χ3n) is 6.66. The Kier molecular flexibility index (Phi) is 6.14. The van der Waals surface area contributed by atoms with Gasteiger partial charge in [0.15, 0.2) is 11.5 Å². The van der Waals surface area contributed by atoms with Crippen LogP contribution in [0.2, 0.25) is 0 Å². The van der Waals surface area contributed by atoms with E-state index in [1.165, 1.54) is 32.1 Å². The first-order valence-corrected chi connectivity index (χ1v) is 12.3. The zero-order valence-electron chi connectivity index (χ0n) is 20.3. The SMILES string of the molecule is CC(C)(C)OC(=O)N1CCC(n2cc(Nc3nc(C4CCCCC4)cn4ncnc34)cn2)CC1. The molecular weight excluding hydrogens is 432 g/mol. The Balaban J connectivity index is 1.26. The van der Waals surface area contributed by atoms with Gasteiger partial charge in [-0.3, -0.25) is 4.68 Å². The lowest BCUT2D eigenvalue weighted by Gasteiger charge is -2.33. The predicted octanol–water partition coefficient (Wildman–Crippen LogP) is 4.68. The highest BCUT2D eigenvalue weighted by Crippen LogP contribution is 2.33. The van der Waals surface area contributed by atoms with E-state index in [9.17, 15) is 4.79 Å². The van der Waals surface area contributed by atoms with E-state index in [0.717, 1.165) is 24.2 Å². The Hall–Kier alpha value is -3.17. The van der Waals surface area contributed by atoms with E-state index in [-0.39, 0.29) is 12.1 Å². The molecule has 34 heavy (non-hydrogen) atoms. The van der Waals surface area contributed by atoms with Gasteiger partial charge in [-0.05, 0) is 46.5 Å². The summed E-state index contributed by atoms with van der Waals surface area (Å²) in [5.74, 6) is 1.18. The molecule has 1 N–H and O–H groups in total. The highest BCUT2D eigenvalue weighted by molar-refractivity contribution is 5.69. The molecule has 2 fully saturated rings. The second-order valence-corrected chi connectivity index (χ2v) is 10.4. The van der Waals surface area contributed by atoms with Crippen molar-refractivity contribution in [1.29, 1.82) is 0 Å². The fourth-order valence-corrected chi connectivity index (χ4v) is 4.90. The van der Waals surface area contributed by atoms with Crippen LogP contribution in [0, 0.1) is 0 Å². The quantitative estimate of drug-likeness (QED) is 0.595. The van der Waals surface area contributed by atoms with Crippen LogP contribution in [0.3, 0.4) is 0 Å². The van der Waals surface area contributed by atoms with Gasteiger partial charge in [0.2, 0.25) is 0 Å². The van der Waals surface area contributed by atoms with Crippen LogP contribution < -0.4 is 5.32 Å². The number of carbonyl (C=O) groups excluding carboxylic acids is 1. The number of piperidine rings is 1. The molecule has 1 saturated heterocycles. The summed E-state index contributed by atoms with van der Waals surface area (Å²) in [6.45, 7) is 7.00. The number of fused-ring (bicyclic) bond motifs is 1. The van der Waals surface area contributed by atoms with Crippen molar-refractivity contribution in [3.05, 3.63) is 30.6 Å². The molecule has 0 unspecified atom stereocenters. The van der Waals surface area contributed by atoms with Gasteiger partial charge in [-0.1, -0.05) is 19.3 Å². The first-order valence-electron chi connectivity index (χ1n) is 12.3. The molecule has 2 aliphatic rings. The van der Waals surface area contributed by atoms with E-state index in [1.807, 2.05) is 48.6 Å². The minimum absolute atomic E-state index is 0.240. The molecule has 1 aliphatic heterocycles. The van der Waals surface area contributed by atoms with E-state index in [4.69, 9.17) is 9.72 Å². The van der Waals surface area contributed by atoms with Gasteiger partial charge in [-0.2, -0.15) is 10.2 Å². The number of amides is 1. The minimum atomic E-state index is -0.478. The van der Waals surface area contributed by atoms with Crippen molar-refractivity contribution < 1.29 is 9.53 Å². The maximum atomic E-state index is 12.3. The first kappa shape index (κ1) is 22.6. The molecule has 0 atom stereocenters. The van der Waals surface area contributed by atoms with Gasteiger partial charge in [0.25, 0.3) is 0 Å². The maximum Gasteiger partial charge on any atom is 0.410 e. The van der Waals surface area contributed by atoms with Crippen molar-refractivity contribution in [3.8, 4) is 0 Å². The third-order valence-corrected chi connectivity index (χ3v) is 6.66. The monoisotopic (exact) mass is 466 g/mol. The lowest BCUT2D eigenvalue weighted by molar-refractivity contribution is 0.0185. The zero-order chi connectivity index (χ0) is 23.7. The highest BCUT2D eigenvalue weighted by Gasteiger charge is 2.28. The molecule has 5 rings (SSSR count). The summed E-state index contributed by atoms with van der Waals surface area (Å²) >= 11 is 0. The molecule has 10 nitrogen and oxygen atoms in total. The fourth-order valence-electron chi connectivity index (χ4n) is 4.90. The Bertz CT molecular complexity index is 1130. The van der Waals surface area contributed by atoms with Crippen LogP contribution in [0.5, 0.6) is 0 Å². The molecule has 0 aromatic carbocycles. The second-order valence-electron chi connectivity index (χ2n) is 10.4. The van der Waals surface area contributed by atoms with Crippen LogP contribution in [0.25, 0.3) is 5.65 Å². The summed E-state index contributed by atoms with van der Waals surface area (Å²) in [6.07, 6.45) is 15.0. The van der Waals surface area contributed by atoms with Gasteiger partial charge >= 0.3 is 6.09 Å². The summed E-state index contributed by atoms with van der Waals surface area (Å²) < 4.78 is 9.31. The van der Waals surface area contributed by atoms with Crippen LogP contribution in [0.15, 0.2) is 24.9 Å². The van der Waals surface area contributed by atoms with E-state index < -0.39 is 5.60 Å². The minimum Gasteiger partial charge on any atom is -0.444 e. The second kappa shape index (κ2) is 9.23. The summed E-state index contributed by atoms with van der Waals surface area (Å²) in [6, 6.07) is 0.240. The predicted molar refractivity (Wildman–Crippen MR) is 128 cm³/mol. The third kappa shape index (κ3) is 5.00. The van der Waals surface area contributed by atoms with E-state index >= 15 is 0 Å². The van der Waals surface area contributed by atoms with Crippen LogP contribution in [0.1, 0.15) is 83.4 Å². The maximum absolute atomic E-state index is 12.3. The molecule has 1 saturated carbocycles. The van der Waals surface area contributed by atoms with Crippen molar-refractivity contribution in [2.24, 2.45) is 0 Å². The molecule has 3 aromatic heterocycles. The molecule has 4 heterocycles. The van der Waals surface area contributed by atoms with Crippen LogP contribution in [0.4, 0.5) is 16.3 Å². The largest absolute Gasteiger partial charge is 0.444 e. The number of carbonyl (C=O) groups is 1. The number of ether oxygens (including phenoxy) is 1. The molecule has 1 amide bonds. The van der Waals surface area contributed by atoms with Crippen molar-refractivity contribution in [2.45, 2.75) is 83.3 Å². The normalized spacial score (nSPS) is 18.4. The average molecular weight is 467 g/mol. The number of aromatic nitrogens is 6. The number of hydrogen-bond acceptors (Lipinski definition) is 7. The summed E-state index contributed by atoms with van der Waals surface area (Å²) in [4.78, 5) is 23.5. The lowest BCUT2D eigenvalue weighted by Crippen LogP contribution is -2.42. The molecule has 182 valence electrons. The smallest absolute Gasteiger partial charge is 0.410 e. The number of rotatable bonds is 4. The lowest BCUT2D eigenvalue weighted by atomic mass is 9.87. The highest BCUT2D eigenvalue weighted by atomic mass is 16.6. The van der Waals surface area contributed by atoms with Crippen LogP contribution in [-0.4, -0.2) is 59.0 Å². The van der Waals surface area contributed by atoms with Crippen molar-refractivity contribution in [3.63, 3.8) is 0 Å². The standard InChI is InChI=1S/C24H34N8O2/c1-24(2,3)34-23(33)30-11-9-19(10-12-30)31-14-18(13-26-31)28-21-22-25-16-27-32(22)15-20(29-21)17-7-5-4-6-8-17/h13-17,19H,4-12H2,1-3H3,(H,28,29). The molecule has 3 aromatic rings. The molecule has 0 radical (unpaired) electrons. The topological polar surface area (TPSA) is 102 Å². The van der Waals surface area contributed by atoms with Gasteiger partial charge in [0.1, 0.15) is 11.9 Å². The van der Waals surface area contributed by atoms with E-state index in [0.29, 0.717) is 30.5 Å². The fraction of sp³-hybridized carbons (Fsp3) is 0.625. The van der Waals surface area contributed by atoms with Crippen molar-refractivity contribution in [1.82, 2.24) is 34.3 Å². The number of anilines is 2. The Morgan fingerprint density at radius 3 is 2.56 bits per heavy atom. The zero-order valence-corrected chi connectivity index (χ0v) is 20.3. The van der Waals surface area contributed by atoms with Crippen molar-refractivity contribution in [2.75, 3.05) is 18.4 Å². The van der Waals surface area contributed by atoms with Crippen LogP contribution in [-0.2, 0) is 4.74 Å². The molecular formula is C24H34N8O2. The van der Waals surface area contributed by atoms with Gasteiger partial charge < -0.3 is 15.0 Å². The Morgan fingerprint density at radius 1 is 1.06 bits per heavy atom. The van der Waals surface area contributed by atoms with Crippen molar-refractivity contribution >= 4 is 23.2 Å². The first-order chi connectivity index (χ1) is 16.4. The summed E-state index contributed by atoms with van der Waals surface area (Å²) in [5.41, 5.74) is 2.17. The number of nitrogens with one attached hydrogen (secondary N) is 1.